The van der Waals surface area contributed by atoms with Gasteiger partial charge in [0, 0.05) is 0 Å². The van der Waals surface area contributed by atoms with Gasteiger partial charge in [0.1, 0.15) is 22.3 Å². The van der Waals surface area contributed by atoms with Gasteiger partial charge in [-0.15, -0.1) is 0 Å². The lowest BCUT2D eigenvalue weighted by Crippen LogP contribution is -2.25. The maximum absolute atomic E-state index is 13.1. The van der Waals surface area contributed by atoms with Crippen molar-refractivity contribution in [3.63, 3.8) is 0 Å². The van der Waals surface area contributed by atoms with Gasteiger partial charge < -0.3 is 0 Å². The molecule has 0 aromatic heterocycles. The summed E-state index contributed by atoms with van der Waals surface area (Å²) >= 11 is 0. The molecule has 0 aliphatic rings. The average molecular weight is 239 g/mol. The molecule has 0 spiro atoms. The third-order valence-corrected chi connectivity index (χ3v) is 3.16. The standard InChI is InChI=1S/C9H6FN3O2S/c10-8-2-1-3-9(7(8)6-12)16(14,15)13-5-4-11/h1-3,13H,5H2. The first-order chi connectivity index (χ1) is 7.53. The highest BCUT2D eigenvalue weighted by Gasteiger charge is 2.20. The van der Waals surface area contributed by atoms with Crippen LogP contribution in [-0.4, -0.2) is 15.0 Å². The summed E-state index contributed by atoms with van der Waals surface area (Å²) in [6, 6.07) is 6.31. The van der Waals surface area contributed by atoms with Crippen LogP contribution in [0.4, 0.5) is 4.39 Å². The van der Waals surface area contributed by atoms with Gasteiger partial charge in [0.05, 0.1) is 12.6 Å². The van der Waals surface area contributed by atoms with E-state index >= 15 is 0 Å². The first-order valence-corrected chi connectivity index (χ1v) is 5.56. The van der Waals surface area contributed by atoms with Crippen LogP contribution in [0.1, 0.15) is 5.56 Å². The lowest BCUT2D eigenvalue weighted by Gasteiger charge is -2.05. The number of hydrogen-bond donors (Lipinski definition) is 1. The molecule has 0 aliphatic heterocycles. The fourth-order valence-electron chi connectivity index (χ4n) is 1.04. The summed E-state index contributed by atoms with van der Waals surface area (Å²) in [5.41, 5.74) is -0.562. The zero-order valence-corrected chi connectivity index (χ0v) is 8.75. The van der Waals surface area contributed by atoms with Crippen LogP contribution < -0.4 is 4.72 Å². The second kappa shape index (κ2) is 4.71. The third kappa shape index (κ3) is 2.34. The van der Waals surface area contributed by atoms with Gasteiger partial charge >= 0.3 is 0 Å². The molecule has 0 heterocycles. The smallest absolute Gasteiger partial charge is 0.207 e. The minimum atomic E-state index is -4.02. The monoisotopic (exact) mass is 239 g/mol. The largest absolute Gasteiger partial charge is 0.242 e. The summed E-state index contributed by atoms with van der Waals surface area (Å²) in [7, 11) is -4.02. The van der Waals surface area contributed by atoms with E-state index < -0.39 is 32.8 Å². The average Bonchev–Trinajstić information content (AvgIpc) is 2.26. The maximum atomic E-state index is 13.1. The minimum Gasteiger partial charge on any atom is -0.207 e. The predicted molar refractivity (Wildman–Crippen MR) is 51.9 cm³/mol. The number of rotatable bonds is 3. The van der Waals surface area contributed by atoms with Crippen LogP contribution in [0.2, 0.25) is 0 Å². The van der Waals surface area contributed by atoms with E-state index in [4.69, 9.17) is 10.5 Å². The van der Waals surface area contributed by atoms with Crippen LogP contribution in [0, 0.1) is 28.5 Å². The van der Waals surface area contributed by atoms with E-state index in [1.807, 2.05) is 4.72 Å². The molecule has 0 aliphatic carbocycles. The number of nitrogens with one attached hydrogen (secondary N) is 1. The van der Waals surface area contributed by atoms with Gasteiger partial charge in [-0.2, -0.15) is 15.2 Å². The van der Waals surface area contributed by atoms with E-state index in [1.165, 1.54) is 12.1 Å². The van der Waals surface area contributed by atoms with E-state index in [1.54, 1.807) is 6.07 Å². The highest BCUT2D eigenvalue weighted by molar-refractivity contribution is 7.89. The van der Waals surface area contributed by atoms with E-state index in [9.17, 15) is 12.8 Å². The van der Waals surface area contributed by atoms with Crippen molar-refractivity contribution in [1.82, 2.24) is 4.72 Å². The van der Waals surface area contributed by atoms with E-state index in [0.717, 1.165) is 12.1 Å². The Balaban J connectivity index is 3.31. The number of benzene rings is 1. The van der Waals surface area contributed by atoms with Crippen LogP contribution >= 0.6 is 0 Å². The quantitative estimate of drug-likeness (QED) is 0.777. The molecule has 1 rings (SSSR count). The zero-order chi connectivity index (χ0) is 12.2. The summed E-state index contributed by atoms with van der Waals surface area (Å²) in [5, 5.41) is 16.9. The van der Waals surface area contributed by atoms with Crippen molar-refractivity contribution in [3.8, 4) is 12.1 Å². The summed E-state index contributed by atoms with van der Waals surface area (Å²) in [6.45, 7) is -0.441. The second-order valence-electron chi connectivity index (χ2n) is 2.71. The van der Waals surface area contributed by atoms with Gasteiger partial charge in [-0.1, -0.05) is 6.07 Å². The molecule has 7 heteroatoms. The van der Waals surface area contributed by atoms with Gasteiger partial charge in [0.2, 0.25) is 10.0 Å². The van der Waals surface area contributed by atoms with Crippen LogP contribution in [0.15, 0.2) is 23.1 Å². The number of hydrogen-bond acceptors (Lipinski definition) is 4. The van der Waals surface area contributed by atoms with E-state index in [0.29, 0.717) is 0 Å². The summed E-state index contributed by atoms with van der Waals surface area (Å²) in [4.78, 5) is -0.467. The molecule has 16 heavy (non-hydrogen) atoms. The first-order valence-electron chi connectivity index (χ1n) is 4.08. The Kier molecular flexibility index (Phi) is 3.56. The van der Waals surface area contributed by atoms with Gasteiger partial charge in [-0.05, 0) is 12.1 Å². The Morgan fingerprint density at radius 3 is 2.62 bits per heavy atom. The Morgan fingerprint density at radius 2 is 2.06 bits per heavy atom. The molecule has 0 radical (unpaired) electrons. The van der Waals surface area contributed by atoms with Crippen molar-refractivity contribution < 1.29 is 12.8 Å². The van der Waals surface area contributed by atoms with Gasteiger partial charge in [-0.3, -0.25) is 0 Å². The summed E-state index contributed by atoms with van der Waals surface area (Å²) < 4.78 is 38.1. The molecule has 82 valence electrons. The molecule has 0 saturated heterocycles. The van der Waals surface area contributed by atoms with Crippen LogP contribution in [0.3, 0.4) is 0 Å². The van der Waals surface area contributed by atoms with Crippen molar-refractivity contribution in [2.75, 3.05) is 6.54 Å². The number of sulfonamides is 1. The Morgan fingerprint density at radius 1 is 1.38 bits per heavy atom. The van der Waals surface area contributed by atoms with E-state index in [-0.39, 0.29) is 0 Å². The van der Waals surface area contributed by atoms with Gasteiger partial charge in [0.15, 0.2) is 0 Å². The van der Waals surface area contributed by atoms with E-state index in [2.05, 4.69) is 0 Å². The SMILES string of the molecule is N#CCNS(=O)(=O)c1cccc(F)c1C#N. The Bertz CT molecular complexity index is 584. The van der Waals surface area contributed by atoms with Crippen molar-refractivity contribution in [1.29, 1.82) is 10.5 Å². The number of nitrogens with zero attached hydrogens (tertiary/aromatic N) is 2. The van der Waals surface area contributed by atoms with Gasteiger partial charge in [-0.25, -0.2) is 12.8 Å². The molecular formula is C9H6FN3O2S. The van der Waals surface area contributed by atoms with Gasteiger partial charge in [0.25, 0.3) is 0 Å². The van der Waals surface area contributed by atoms with Crippen LogP contribution in [0.25, 0.3) is 0 Å². The zero-order valence-electron chi connectivity index (χ0n) is 7.94. The maximum Gasteiger partial charge on any atom is 0.242 e. The molecular weight excluding hydrogens is 233 g/mol. The molecule has 1 aromatic rings. The fourth-order valence-corrected chi connectivity index (χ4v) is 2.12. The first kappa shape index (κ1) is 12.1. The predicted octanol–water partition coefficient (Wildman–Crippen LogP) is 0.499. The van der Waals surface area contributed by atoms with Crippen molar-refractivity contribution >= 4 is 10.0 Å². The molecule has 0 atom stereocenters. The normalized spacial score (nSPS) is 10.4. The molecule has 0 amide bonds. The third-order valence-electron chi connectivity index (χ3n) is 1.72. The summed E-state index contributed by atoms with van der Waals surface area (Å²) in [6.07, 6.45) is 0. The summed E-state index contributed by atoms with van der Waals surface area (Å²) in [5.74, 6) is -0.915. The molecule has 0 unspecified atom stereocenters. The minimum absolute atomic E-state index is 0.441. The second-order valence-corrected chi connectivity index (χ2v) is 4.44. The molecule has 1 aromatic carbocycles. The highest BCUT2D eigenvalue weighted by Crippen LogP contribution is 2.17. The Labute approximate surface area is 91.8 Å². The van der Waals surface area contributed by atoms with Crippen LogP contribution in [-0.2, 0) is 10.0 Å². The molecule has 0 fully saturated rings. The number of halogens is 1. The fraction of sp³-hybridized carbons (Fsp3) is 0.111. The highest BCUT2D eigenvalue weighted by atomic mass is 32.2. The lowest BCUT2D eigenvalue weighted by molar-refractivity contribution is 0.580. The molecule has 5 nitrogen and oxygen atoms in total. The van der Waals surface area contributed by atoms with Crippen molar-refractivity contribution in [3.05, 3.63) is 29.6 Å². The lowest BCUT2D eigenvalue weighted by atomic mass is 10.2. The topological polar surface area (TPSA) is 93.8 Å². The number of nitriles is 2. The Hall–Kier alpha value is -1.96. The molecule has 1 N–H and O–H groups in total. The molecule has 0 saturated carbocycles. The van der Waals surface area contributed by atoms with Crippen LogP contribution in [0.5, 0.6) is 0 Å². The molecule has 0 bridgehead atoms. The van der Waals surface area contributed by atoms with Crippen molar-refractivity contribution in [2.24, 2.45) is 0 Å². The van der Waals surface area contributed by atoms with Crippen molar-refractivity contribution in [2.45, 2.75) is 4.90 Å².